The van der Waals surface area contributed by atoms with Crippen LogP contribution >= 0.6 is 0 Å². The van der Waals surface area contributed by atoms with Gasteiger partial charge in [-0.1, -0.05) is 6.08 Å². The molecule has 0 atom stereocenters. The fourth-order valence-corrected chi connectivity index (χ4v) is 0.572. The van der Waals surface area contributed by atoms with E-state index in [2.05, 4.69) is 11.4 Å². The van der Waals surface area contributed by atoms with Gasteiger partial charge in [0.2, 0.25) is 0 Å². The van der Waals surface area contributed by atoms with Crippen molar-refractivity contribution in [3.63, 3.8) is 0 Å². The molecule has 76 valence electrons. The molecule has 2 N–H and O–H groups in total. The first-order valence-electron chi connectivity index (χ1n) is 3.63. The van der Waals surface area contributed by atoms with Crippen LogP contribution < -0.4 is 5.32 Å². The molecule has 1 rings (SSSR count). The standard InChI is InChI=1S/C5H9N.C2HF3O2/c1-2-4-6-5-3-1;3-2(4,5)1(6)7/h2,4,6H,1,3,5H2;(H,6,7). The number of carboxylic acid groups (broad SMARTS) is 1. The molecule has 0 fully saturated rings. The highest BCUT2D eigenvalue weighted by Crippen LogP contribution is 2.13. The van der Waals surface area contributed by atoms with Crippen LogP contribution in [0.3, 0.4) is 0 Å². The second-order valence-corrected chi connectivity index (χ2v) is 2.30. The first-order valence-corrected chi connectivity index (χ1v) is 3.63. The highest BCUT2D eigenvalue weighted by Gasteiger charge is 2.38. The highest BCUT2D eigenvalue weighted by molar-refractivity contribution is 5.73. The Morgan fingerprint density at radius 1 is 1.46 bits per heavy atom. The van der Waals surface area contributed by atoms with Gasteiger partial charge >= 0.3 is 12.1 Å². The van der Waals surface area contributed by atoms with Gasteiger partial charge in [-0.3, -0.25) is 0 Å². The Bertz CT molecular complexity index is 181. The largest absolute Gasteiger partial charge is 0.490 e. The first-order chi connectivity index (χ1) is 5.94. The number of aliphatic carboxylic acids is 1. The van der Waals surface area contributed by atoms with Crippen LogP contribution in [0.2, 0.25) is 0 Å². The van der Waals surface area contributed by atoms with E-state index in [9.17, 15) is 13.2 Å². The number of carboxylic acids is 1. The number of carbonyl (C=O) groups is 1. The van der Waals surface area contributed by atoms with E-state index in [4.69, 9.17) is 9.90 Å². The first kappa shape index (κ1) is 11.8. The third-order valence-electron chi connectivity index (χ3n) is 1.17. The Hall–Kier alpha value is -1.20. The topological polar surface area (TPSA) is 49.3 Å². The van der Waals surface area contributed by atoms with Crippen LogP contribution in [-0.4, -0.2) is 23.8 Å². The summed E-state index contributed by atoms with van der Waals surface area (Å²) < 4.78 is 31.7. The minimum Gasteiger partial charge on any atom is -0.475 e. The van der Waals surface area contributed by atoms with E-state index in [1.165, 1.54) is 12.8 Å². The molecule has 1 aliphatic heterocycles. The maximum absolute atomic E-state index is 10.6. The van der Waals surface area contributed by atoms with Gasteiger partial charge in [-0.2, -0.15) is 13.2 Å². The van der Waals surface area contributed by atoms with Gasteiger partial charge in [0, 0.05) is 6.54 Å². The van der Waals surface area contributed by atoms with Crippen LogP contribution in [0.1, 0.15) is 12.8 Å². The summed E-state index contributed by atoms with van der Waals surface area (Å²) in [7, 11) is 0. The van der Waals surface area contributed by atoms with E-state index in [1.807, 2.05) is 6.20 Å². The van der Waals surface area contributed by atoms with Gasteiger partial charge in [0.05, 0.1) is 0 Å². The Kier molecular flexibility index (Phi) is 4.94. The number of hydrogen-bond acceptors (Lipinski definition) is 2. The van der Waals surface area contributed by atoms with E-state index in [0.29, 0.717) is 0 Å². The lowest BCUT2D eigenvalue weighted by Gasteiger charge is -2.02. The van der Waals surface area contributed by atoms with Gasteiger partial charge in [-0.05, 0) is 19.0 Å². The molecule has 0 bridgehead atoms. The zero-order valence-corrected chi connectivity index (χ0v) is 6.77. The molecule has 3 nitrogen and oxygen atoms in total. The van der Waals surface area contributed by atoms with E-state index < -0.39 is 12.1 Å². The molecule has 0 spiro atoms. The normalized spacial score (nSPS) is 15.3. The van der Waals surface area contributed by atoms with Gasteiger partial charge < -0.3 is 10.4 Å². The van der Waals surface area contributed by atoms with Gasteiger partial charge in [0.15, 0.2) is 0 Å². The van der Waals surface area contributed by atoms with Crippen molar-refractivity contribution in [2.24, 2.45) is 0 Å². The maximum Gasteiger partial charge on any atom is 0.490 e. The predicted octanol–water partition coefficient (Wildman–Crippen LogP) is 1.52. The SMILES string of the molecule is C1=CNCCC1.O=C(O)C(F)(F)F. The summed E-state index contributed by atoms with van der Waals surface area (Å²) in [5.41, 5.74) is 0. The maximum atomic E-state index is 10.6. The van der Waals surface area contributed by atoms with Crippen LogP contribution in [-0.2, 0) is 4.79 Å². The number of nitrogens with one attached hydrogen (secondary N) is 1. The average Bonchev–Trinajstić information content (AvgIpc) is 2.07. The van der Waals surface area contributed by atoms with Crippen LogP contribution in [0.4, 0.5) is 13.2 Å². The molecule has 0 aromatic rings. The zero-order valence-electron chi connectivity index (χ0n) is 6.77. The Morgan fingerprint density at radius 3 is 2.08 bits per heavy atom. The lowest BCUT2D eigenvalue weighted by Crippen LogP contribution is -2.21. The van der Waals surface area contributed by atoms with Crippen molar-refractivity contribution in [2.45, 2.75) is 19.0 Å². The molecule has 0 aromatic heterocycles. The molecular formula is C7H10F3NO2. The molecule has 0 unspecified atom stereocenters. The highest BCUT2D eigenvalue weighted by atomic mass is 19.4. The van der Waals surface area contributed by atoms with Crippen molar-refractivity contribution in [2.75, 3.05) is 6.54 Å². The van der Waals surface area contributed by atoms with E-state index in [0.717, 1.165) is 6.54 Å². The lowest BCUT2D eigenvalue weighted by atomic mass is 10.2. The smallest absolute Gasteiger partial charge is 0.475 e. The molecule has 13 heavy (non-hydrogen) atoms. The van der Waals surface area contributed by atoms with Crippen LogP contribution in [0, 0.1) is 0 Å². The summed E-state index contributed by atoms with van der Waals surface area (Å²) in [6.07, 6.45) is 1.65. The quantitative estimate of drug-likeness (QED) is 0.619. The number of allylic oxidation sites excluding steroid dienone is 1. The molecule has 0 radical (unpaired) electrons. The molecule has 6 heteroatoms. The summed E-state index contributed by atoms with van der Waals surface area (Å²) >= 11 is 0. The Labute approximate surface area is 73.2 Å². The summed E-state index contributed by atoms with van der Waals surface area (Å²) in [6, 6.07) is 0. The fourth-order valence-electron chi connectivity index (χ4n) is 0.572. The molecule has 0 saturated heterocycles. The molecule has 0 aromatic carbocycles. The van der Waals surface area contributed by atoms with E-state index >= 15 is 0 Å². The Balaban J connectivity index is 0.000000223. The van der Waals surface area contributed by atoms with Gasteiger partial charge in [0.1, 0.15) is 0 Å². The second kappa shape index (κ2) is 5.45. The van der Waals surface area contributed by atoms with E-state index in [1.54, 1.807) is 0 Å². The summed E-state index contributed by atoms with van der Waals surface area (Å²) in [4.78, 5) is 8.90. The second-order valence-electron chi connectivity index (χ2n) is 2.30. The van der Waals surface area contributed by atoms with Crippen molar-refractivity contribution >= 4 is 5.97 Å². The molecule has 1 heterocycles. The molecule has 0 aliphatic carbocycles. The van der Waals surface area contributed by atoms with E-state index in [-0.39, 0.29) is 0 Å². The van der Waals surface area contributed by atoms with Crippen molar-refractivity contribution in [1.82, 2.24) is 5.32 Å². The fraction of sp³-hybridized carbons (Fsp3) is 0.571. The third-order valence-corrected chi connectivity index (χ3v) is 1.17. The summed E-state index contributed by atoms with van der Waals surface area (Å²) in [6.45, 7) is 1.16. The van der Waals surface area contributed by atoms with Gasteiger partial charge in [-0.25, -0.2) is 4.79 Å². The number of halogens is 3. The Morgan fingerprint density at radius 2 is 2.00 bits per heavy atom. The minimum atomic E-state index is -5.08. The number of hydrogen-bond donors (Lipinski definition) is 2. The van der Waals surface area contributed by atoms with Crippen molar-refractivity contribution in [3.8, 4) is 0 Å². The van der Waals surface area contributed by atoms with Crippen LogP contribution in [0.5, 0.6) is 0 Å². The number of rotatable bonds is 0. The summed E-state index contributed by atoms with van der Waals surface area (Å²) in [5, 5.41) is 10.2. The molecule has 0 saturated carbocycles. The van der Waals surface area contributed by atoms with Crippen LogP contribution in [0.15, 0.2) is 12.3 Å². The number of alkyl halides is 3. The molecule has 0 amide bonds. The minimum absolute atomic E-state index is 1.16. The average molecular weight is 197 g/mol. The molecule has 1 aliphatic rings. The monoisotopic (exact) mass is 197 g/mol. The molecular weight excluding hydrogens is 187 g/mol. The van der Waals surface area contributed by atoms with Gasteiger partial charge in [-0.15, -0.1) is 0 Å². The van der Waals surface area contributed by atoms with Crippen molar-refractivity contribution < 1.29 is 23.1 Å². The van der Waals surface area contributed by atoms with Crippen LogP contribution in [0.25, 0.3) is 0 Å². The predicted molar refractivity (Wildman–Crippen MR) is 40.1 cm³/mol. The summed E-state index contributed by atoms with van der Waals surface area (Å²) in [5.74, 6) is -2.76. The lowest BCUT2D eigenvalue weighted by molar-refractivity contribution is -0.192. The van der Waals surface area contributed by atoms with Crippen molar-refractivity contribution in [1.29, 1.82) is 0 Å². The zero-order chi connectivity index (χ0) is 10.3. The van der Waals surface area contributed by atoms with Crippen molar-refractivity contribution in [3.05, 3.63) is 12.3 Å². The third kappa shape index (κ3) is 7.17. The van der Waals surface area contributed by atoms with Gasteiger partial charge in [0.25, 0.3) is 0 Å².